The van der Waals surface area contributed by atoms with Crippen LogP contribution in [0.25, 0.3) is 0 Å². The quantitative estimate of drug-likeness (QED) is 0.561. The highest BCUT2D eigenvalue weighted by Gasteiger charge is 2.17. The van der Waals surface area contributed by atoms with Gasteiger partial charge >= 0.3 is 5.97 Å². The van der Waals surface area contributed by atoms with Crippen LogP contribution in [0.15, 0.2) is 36.4 Å². The Morgan fingerprint density at radius 3 is 2.42 bits per heavy atom. The van der Waals surface area contributed by atoms with Crippen molar-refractivity contribution in [2.45, 2.75) is 34.1 Å². The maximum absolute atomic E-state index is 12.4. The summed E-state index contributed by atoms with van der Waals surface area (Å²) in [6, 6.07) is 6.47. The first kappa shape index (κ1) is 19.4. The fourth-order valence-corrected chi connectivity index (χ4v) is 2.58. The molecule has 0 bridgehead atoms. The molecule has 0 spiro atoms. The zero-order chi connectivity index (χ0) is 19.3. The molecule has 1 aromatic carbocycles. The molecule has 1 heterocycles. The molecule has 0 atom stereocenters. The second kappa shape index (κ2) is 8.47. The van der Waals surface area contributed by atoms with Crippen LogP contribution in [0.1, 0.15) is 46.0 Å². The average molecular weight is 356 g/mol. The van der Waals surface area contributed by atoms with Gasteiger partial charge in [0.15, 0.2) is 6.61 Å². The first-order valence-corrected chi connectivity index (χ1v) is 8.46. The zero-order valence-corrected chi connectivity index (χ0v) is 15.7. The van der Waals surface area contributed by atoms with Gasteiger partial charge in [-0.1, -0.05) is 12.2 Å². The lowest BCUT2D eigenvalue weighted by molar-refractivity contribution is 0.0526. The average Bonchev–Trinajstić information content (AvgIpc) is 2.88. The van der Waals surface area contributed by atoms with Gasteiger partial charge in [0.1, 0.15) is 5.75 Å². The van der Waals surface area contributed by atoms with E-state index in [-0.39, 0.29) is 18.5 Å². The van der Waals surface area contributed by atoms with Crippen molar-refractivity contribution in [1.29, 1.82) is 0 Å². The molecule has 0 amide bonds. The Kier molecular flexibility index (Phi) is 6.33. The lowest BCUT2D eigenvalue weighted by Gasteiger charge is -2.08. The molecule has 0 saturated heterocycles. The molecule has 0 aliphatic rings. The van der Waals surface area contributed by atoms with E-state index in [1.807, 2.05) is 20.8 Å². The first-order valence-electron chi connectivity index (χ1n) is 8.46. The van der Waals surface area contributed by atoms with E-state index < -0.39 is 0 Å². The van der Waals surface area contributed by atoms with Crippen LogP contribution >= 0.6 is 0 Å². The monoisotopic (exact) mass is 356 g/mol. The number of hydrogen-bond donors (Lipinski definition) is 0. The smallest absolute Gasteiger partial charge is 0.338 e. The molecule has 0 unspecified atom stereocenters. The minimum Gasteiger partial charge on any atom is -0.484 e. The molecular formula is C20H24N2O4. The largest absolute Gasteiger partial charge is 0.484 e. The van der Waals surface area contributed by atoms with Crippen LogP contribution in [-0.2, 0) is 11.2 Å². The minimum absolute atomic E-state index is 0.146. The first-order chi connectivity index (χ1) is 12.3. The number of esters is 1. The standard InChI is InChI=1S/C20H24N2O4/c1-6-25-20(24)16-7-9-17(10-8-16)26-12-19(23)22-15(5)18(11-13(2)3)14(4)21-22/h7-10H,2,6,11-12H2,1,3-5H3. The van der Waals surface area contributed by atoms with Crippen LogP contribution in [0, 0.1) is 13.8 Å². The predicted molar refractivity (Wildman–Crippen MR) is 98.7 cm³/mol. The number of ether oxygens (including phenoxy) is 2. The number of aryl methyl sites for hydroxylation is 1. The number of nitrogens with zero attached hydrogens (tertiary/aromatic N) is 2. The third kappa shape index (κ3) is 4.59. The molecular weight excluding hydrogens is 332 g/mol. The SMILES string of the molecule is C=C(C)Cc1c(C)nn(C(=O)COc2ccc(C(=O)OCC)cc2)c1C. The normalized spacial score (nSPS) is 10.5. The number of allylic oxidation sites excluding steroid dienone is 1. The second-order valence-corrected chi connectivity index (χ2v) is 6.12. The van der Waals surface area contributed by atoms with Gasteiger partial charge in [-0.3, -0.25) is 4.79 Å². The van der Waals surface area contributed by atoms with E-state index in [2.05, 4.69) is 11.7 Å². The summed E-state index contributed by atoms with van der Waals surface area (Å²) in [7, 11) is 0. The highest BCUT2D eigenvalue weighted by atomic mass is 16.5. The van der Waals surface area contributed by atoms with E-state index in [0.29, 0.717) is 24.3 Å². The topological polar surface area (TPSA) is 70.4 Å². The zero-order valence-electron chi connectivity index (χ0n) is 15.7. The minimum atomic E-state index is -0.386. The third-order valence-electron chi connectivity index (χ3n) is 3.88. The molecule has 0 N–H and O–H groups in total. The summed E-state index contributed by atoms with van der Waals surface area (Å²) in [6.45, 7) is 11.5. The lowest BCUT2D eigenvalue weighted by atomic mass is 10.1. The fraction of sp³-hybridized carbons (Fsp3) is 0.350. The molecule has 26 heavy (non-hydrogen) atoms. The number of aromatic nitrogens is 2. The van der Waals surface area contributed by atoms with Gasteiger partial charge in [0.2, 0.25) is 0 Å². The number of carbonyl (C=O) groups is 2. The number of carbonyl (C=O) groups excluding carboxylic acids is 2. The van der Waals surface area contributed by atoms with Crippen molar-refractivity contribution in [3.8, 4) is 5.75 Å². The van der Waals surface area contributed by atoms with Crippen LogP contribution in [0.4, 0.5) is 0 Å². The summed E-state index contributed by atoms with van der Waals surface area (Å²) in [6.07, 6.45) is 0.696. The van der Waals surface area contributed by atoms with Gasteiger partial charge in [0.25, 0.3) is 5.91 Å². The Hall–Kier alpha value is -2.89. The van der Waals surface area contributed by atoms with Crippen LogP contribution in [-0.4, -0.2) is 34.9 Å². The van der Waals surface area contributed by atoms with Crippen molar-refractivity contribution in [2.75, 3.05) is 13.2 Å². The molecule has 0 aliphatic carbocycles. The van der Waals surface area contributed by atoms with Gasteiger partial charge in [-0.05, 0) is 58.4 Å². The molecule has 1 aromatic heterocycles. The third-order valence-corrected chi connectivity index (χ3v) is 3.88. The molecule has 6 heteroatoms. The molecule has 138 valence electrons. The maximum Gasteiger partial charge on any atom is 0.338 e. The summed E-state index contributed by atoms with van der Waals surface area (Å²) < 4.78 is 11.8. The fourth-order valence-electron chi connectivity index (χ4n) is 2.58. The Balaban J connectivity index is 2.03. The molecule has 0 aliphatic heterocycles. The van der Waals surface area contributed by atoms with Crippen molar-refractivity contribution in [1.82, 2.24) is 9.78 Å². The molecule has 2 aromatic rings. The molecule has 0 fully saturated rings. The van der Waals surface area contributed by atoms with Gasteiger partial charge in [0, 0.05) is 11.3 Å². The molecule has 0 saturated carbocycles. The van der Waals surface area contributed by atoms with Gasteiger partial charge in [-0.15, -0.1) is 0 Å². The van der Waals surface area contributed by atoms with Crippen molar-refractivity contribution in [2.24, 2.45) is 0 Å². The second-order valence-electron chi connectivity index (χ2n) is 6.12. The number of hydrogen-bond acceptors (Lipinski definition) is 5. The maximum atomic E-state index is 12.4. The molecule has 2 rings (SSSR count). The summed E-state index contributed by atoms with van der Waals surface area (Å²) in [4.78, 5) is 24.0. The van der Waals surface area contributed by atoms with E-state index in [4.69, 9.17) is 9.47 Å². The van der Waals surface area contributed by atoms with E-state index in [1.54, 1.807) is 31.2 Å². The Bertz CT molecular complexity index is 819. The Labute approximate surface area is 153 Å². The highest BCUT2D eigenvalue weighted by molar-refractivity contribution is 5.89. The van der Waals surface area contributed by atoms with Crippen molar-refractivity contribution in [3.63, 3.8) is 0 Å². The Morgan fingerprint density at radius 2 is 1.85 bits per heavy atom. The van der Waals surface area contributed by atoms with E-state index in [9.17, 15) is 9.59 Å². The van der Waals surface area contributed by atoms with Crippen LogP contribution in [0.3, 0.4) is 0 Å². The van der Waals surface area contributed by atoms with E-state index >= 15 is 0 Å². The lowest BCUT2D eigenvalue weighted by Crippen LogP contribution is -2.21. The van der Waals surface area contributed by atoms with Crippen molar-refractivity contribution in [3.05, 3.63) is 58.9 Å². The summed E-state index contributed by atoms with van der Waals surface area (Å²) in [5.41, 5.74) is 4.09. The van der Waals surface area contributed by atoms with Gasteiger partial charge < -0.3 is 9.47 Å². The molecule has 6 nitrogen and oxygen atoms in total. The number of rotatable bonds is 7. The summed E-state index contributed by atoms with van der Waals surface area (Å²) in [5.74, 6) is -0.147. The van der Waals surface area contributed by atoms with Crippen LogP contribution < -0.4 is 4.74 Å². The van der Waals surface area contributed by atoms with E-state index in [1.165, 1.54) is 4.68 Å². The van der Waals surface area contributed by atoms with Crippen LogP contribution in [0.5, 0.6) is 5.75 Å². The van der Waals surface area contributed by atoms with Gasteiger partial charge in [0.05, 0.1) is 17.9 Å². The van der Waals surface area contributed by atoms with Gasteiger partial charge in [-0.2, -0.15) is 5.10 Å². The summed E-state index contributed by atoms with van der Waals surface area (Å²) in [5, 5.41) is 4.32. The van der Waals surface area contributed by atoms with Crippen molar-refractivity contribution >= 4 is 11.9 Å². The van der Waals surface area contributed by atoms with Crippen LogP contribution in [0.2, 0.25) is 0 Å². The van der Waals surface area contributed by atoms with Gasteiger partial charge in [-0.25, -0.2) is 9.48 Å². The predicted octanol–water partition coefficient (Wildman–Crippen LogP) is 3.51. The number of benzene rings is 1. The van der Waals surface area contributed by atoms with Crippen molar-refractivity contribution < 1.29 is 19.1 Å². The summed E-state index contributed by atoms with van der Waals surface area (Å²) >= 11 is 0. The Morgan fingerprint density at radius 1 is 1.19 bits per heavy atom. The highest BCUT2D eigenvalue weighted by Crippen LogP contribution is 2.17. The van der Waals surface area contributed by atoms with E-state index in [0.717, 1.165) is 22.5 Å². The molecule has 0 radical (unpaired) electrons.